The van der Waals surface area contributed by atoms with Crippen molar-refractivity contribution in [1.29, 1.82) is 0 Å². The Morgan fingerprint density at radius 2 is 1.82 bits per heavy atom. The first-order valence-corrected chi connectivity index (χ1v) is 13.4. The number of hydrogen-bond donors (Lipinski definition) is 2. The summed E-state index contributed by atoms with van der Waals surface area (Å²) < 4.78 is 2.96. The van der Waals surface area contributed by atoms with E-state index in [1.54, 1.807) is 18.2 Å². The molecule has 0 radical (unpaired) electrons. The Morgan fingerprint density at radius 1 is 1.06 bits per heavy atom. The molecule has 34 heavy (non-hydrogen) atoms. The van der Waals surface area contributed by atoms with Crippen LogP contribution >= 0.6 is 57.6 Å². The van der Waals surface area contributed by atoms with Crippen LogP contribution in [-0.4, -0.2) is 32.3 Å². The summed E-state index contributed by atoms with van der Waals surface area (Å²) in [7, 11) is 0. The zero-order valence-corrected chi connectivity index (χ0v) is 23.3. The second-order valence-corrected chi connectivity index (χ2v) is 10.7. The zero-order valence-electron chi connectivity index (χ0n) is 18.9. The van der Waals surface area contributed by atoms with Crippen molar-refractivity contribution in [3.63, 3.8) is 0 Å². The Labute approximate surface area is 226 Å². The highest BCUT2D eigenvalue weighted by atomic mass is 127. The van der Waals surface area contributed by atoms with Gasteiger partial charge in [-0.05, 0) is 77.4 Å². The third kappa shape index (κ3) is 7.10. The molecule has 0 unspecified atom stereocenters. The minimum absolute atomic E-state index is 0.0360. The van der Waals surface area contributed by atoms with Gasteiger partial charge in [-0.1, -0.05) is 48.8 Å². The smallest absolute Gasteiger partial charge is 0.234 e. The van der Waals surface area contributed by atoms with Gasteiger partial charge in [0.15, 0.2) is 5.16 Å². The highest BCUT2D eigenvalue weighted by Gasteiger charge is 2.17. The van der Waals surface area contributed by atoms with Gasteiger partial charge in [-0.15, -0.1) is 10.2 Å². The van der Waals surface area contributed by atoms with Crippen molar-refractivity contribution in [2.24, 2.45) is 0 Å². The van der Waals surface area contributed by atoms with Gasteiger partial charge < -0.3 is 15.2 Å². The molecule has 2 N–H and O–H groups in total. The predicted octanol–water partition coefficient (Wildman–Crippen LogP) is 6.24. The highest BCUT2D eigenvalue weighted by Crippen LogP contribution is 2.27. The Bertz CT molecular complexity index is 1200. The monoisotopic (exact) mass is 631 g/mol. The van der Waals surface area contributed by atoms with Gasteiger partial charge in [-0.2, -0.15) is 0 Å². The van der Waals surface area contributed by atoms with Crippen LogP contribution in [0.2, 0.25) is 10.0 Å². The van der Waals surface area contributed by atoms with Gasteiger partial charge in [0.1, 0.15) is 5.82 Å². The maximum atomic E-state index is 12.6. The maximum absolute atomic E-state index is 12.6. The van der Waals surface area contributed by atoms with Gasteiger partial charge in [0.2, 0.25) is 11.8 Å². The minimum atomic E-state index is -0.255. The predicted molar refractivity (Wildman–Crippen MR) is 147 cm³/mol. The molecule has 0 spiro atoms. The molecule has 0 aliphatic carbocycles. The minimum Gasteiger partial charge on any atom is -0.326 e. The summed E-state index contributed by atoms with van der Waals surface area (Å²) in [5.41, 5.74) is 2.46. The van der Waals surface area contributed by atoms with E-state index in [1.807, 2.05) is 23.6 Å². The number of thioether (sulfide) groups is 1. The molecular formula is C23H24Cl2IN5O2S. The zero-order chi connectivity index (χ0) is 24.8. The molecule has 0 fully saturated rings. The fourth-order valence-corrected chi connectivity index (χ4v) is 4.87. The van der Waals surface area contributed by atoms with Crippen LogP contribution < -0.4 is 10.6 Å². The number of rotatable bonds is 9. The summed E-state index contributed by atoms with van der Waals surface area (Å²) in [5.74, 6) is 0.602. The van der Waals surface area contributed by atoms with Gasteiger partial charge in [0, 0.05) is 21.5 Å². The van der Waals surface area contributed by atoms with Crippen molar-refractivity contribution in [3.8, 4) is 0 Å². The lowest BCUT2D eigenvalue weighted by atomic mass is 10.0. The van der Waals surface area contributed by atoms with Gasteiger partial charge in [-0.25, -0.2) is 0 Å². The average molecular weight is 632 g/mol. The van der Waals surface area contributed by atoms with E-state index in [1.165, 1.54) is 11.8 Å². The summed E-state index contributed by atoms with van der Waals surface area (Å²) in [6.45, 7) is 6.70. The Morgan fingerprint density at radius 3 is 2.50 bits per heavy atom. The van der Waals surface area contributed by atoms with E-state index in [-0.39, 0.29) is 24.0 Å². The van der Waals surface area contributed by atoms with E-state index in [4.69, 9.17) is 23.2 Å². The van der Waals surface area contributed by atoms with Crippen molar-refractivity contribution in [2.45, 2.75) is 44.8 Å². The molecule has 2 amide bonds. The van der Waals surface area contributed by atoms with Crippen LogP contribution in [0.3, 0.4) is 0 Å². The third-order valence-electron chi connectivity index (χ3n) is 4.87. The molecule has 1 aromatic heterocycles. The van der Waals surface area contributed by atoms with E-state index in [2.05, 4.69) is 63.3 Å². The Hall–Kier alpha value is -1.82. The fourth-order valence-electron chi connectivity index (χ4n) is 3.24. The summed E-state index contributed by atoms with van der Waals surface area (Å²) in [5, 5.41) is 15.5. The van der Waals surface area contributed by atoms with E-state index in [9.17, 15) is 9.59 Å². The summed E-state index contributed by atoms with van der Waals surface area (Å²) >= 11 is 15.5. The first kappa shape index (κ1) is 26.8. The number of hydrogen-bond acceptors (Lipinski definition) is 5. The number of nitrogens with zero attached hydrogens (tertiary/aromatic N) is 3. The molecule has 3 rings (SSSR count). The molecule has 180 valence electrons. The SMILES string of the molecule is CCn1c(CC(=O)Nc2ccc(Cl)c(Cl)c2)nnc1SCC(=O)Nc1ccc(I)cc1C(C)C. The quantitative estimate of drug-likeness (QED) is 0.215. The number of aromatic nitrogens is 3. The van der Waals surface area contributed by atoms with Crippen molar-refractivity contribution in [3.05, 3.63) is 61.4 Å². The van der Waals surface area contributed by atoms with Crippen molar-refractivity contribution < 1.29 is 9.59 Å². The summed E-state index contributed by atoms with van der Waals surface area (Å²) in [6, 6.07) is 10.9. The normalized spacial score (nSPS) is 11.0. The van der Waals surface area contributed by atoms with Gasteiger partial charge >= 0.3 is 0 Å². The molecule has 2 aromatic carbocycles. The van der Waals surface area contributed by atoms with Crippen LogP contribution in [-0.2, 0) is 22.6 Å². The van der Waals surface area contributed by atoms with Gasteiger partial charge in [0.05, 0.1) is 22.2 Å². The standard InChI is InChI=1S/C23H24Cl2IN5O2S/c1-4-31-20(11-21(32)27-15-6-7-17(24)18(25)10-15)29-30-23(31)34-12-22(33)28-19-8-5-14(26)9-16(19)13(2)3/h5-10,13H,4,11-12H2,1-3H3,(H,27,32)(H,28,33). The summed E-state index contributed by atoms with van der Waals surface area (Å²) in [4.78, 5) is 25.1. The third-order valence-corrected chi connectivity index (χ3v) is 7.25. The molecule has 0 saturated heterocycles. The molecular weight excluding hydrogens is 608 g/mol. The maximum Gasteiger partial charge on any atom is 0.234 e. The number of benzene rings is 2. The Kier molecular flexibility index (Phi) is 9.64. The number of halogens is 3. The lowest BCUT2D eigenvalue weighted by Crippen LogP contribution is -2.18. The van der Waals surface area contributed by atoms with Crippen LogP contribution in [0, 0.1) is 3.57 Å². The molecule has 1 heterocycles. The van der Waals surface area contributed by atoms with Crippen LogP contribution in [0.25, 0.3) is 0 Å². The van der Waals surface area contributed by atoms with Crippen molar-refractivity contribution in [2.75, 3.05) is 16.4 Å². The molecule has 3 aromatic rings. The van der Waals surface area contributed by atoms with Crippen LogP contribution in [0.4, 0.5) is 11.4 Å². The lowest BCUT2D eigenvalue weighted by molar-refractivity contribution is -0.116. The average Bonchev–Trinajstić information content (AvgIpc) is 3.17. The largest absolute Gasteiger partial charge is 0.326 e. The van der Waals surface area contributed by atoms with Crippen LogP contribution in [0.15, 0.2) is 41.6 Å². The topological polar surface area (TPSA) is 88.9 Å². The number of carbonyl (C=O) groups excluding carboxylic acids is 2. The molecule has 11 heteroatoms. The number of carbonyl (C=O) groups is 2. The van der Waals surface area contributed by atoms with E-state index in [0.717, 1.165) is 14.8 Å². The first-order valence-electron chi connectivity index (χ1n) is 10.6. The van der Waals surface area contributed by atoms with Crippen molar-refractivity contribution in [1.82, 2.24) is 14.8 Å². The number of nitrogens with one attached hydrogen (secondary N) is 2. The molecule has 0 aliphatic heterocycles. The number of amides is 2. The molecule has 0 atom stereocenters. The molecule has 0 aliphatic rings. The highest BCUT2D eigenvalue weighted by molar-refractivity contribution is 14.1. The molecule has 7 nitrogen and oxygen atoms in total. The van der Waals surface area contributed by atoms with Crippen LogP contribution in [0.5, 0.6) is 0 Å². The number of anilines is 2. The lowest BCUT2D eigenvalue weighted by Gasteiger charge is -2.14. The van der Waals surface area contributed by atoms with Crippen molar-refractivity contribution >= 4 is 80.7 Å². The van der Waals surface area contributed by atoms with Crippen LogP contribution in [0.1, 0.15) is 38.1 Å². The first-order chi connectivity index (χ1) is 16.2. The van der Waals surface area contributed by atoms with E-state index in [0.29, 0.717) is 39.2 Å². The van der Waals surface area contributed by atoms with E-state index < -0.39 is 0 Å². The van der Waals surface area contributed by atoms with Gasteiger partial charge in [0.25, 0.3) is 0 Å². The second-order valence-electron chi connectivity index (χ2n) is 7.72. The van der Waals surface area contributed by atoms with E-state index >= 15 is 0 Å². The molecule has 0 bridgehead atoms. The Balaban J connectivity index is 1.61. The van der Waals surface area contributed by atoms with Gasteiger partial charge in [-0.3, -0.25) is 9.59 Å². The molecule has 0 saturated carbocycles. The summed E-state index contributed by atoms with van der Waals surface area (Å²) in [6.07, 6.45) is 0.0360. The fraction of sp³-hybridized carbons (Fsp3) is 0.304. The second kappa shape index (κ2) is 12.2.